The van der Waals surface area contributed by atoms with Gasteiger partial charge in [-0.1, -0.05) is 6.92 Å². The minimum atomic E-state index is -0.263. The SMILES string of the molecule is CC1CCN(C(=O)N2CC(C)(C)OC(C)(C)C2)CC1. The predicted octanol–water partition coefficient (Wildman–Crippen LogP) is 2.73. The van der Waals surface area contributed by atoms with Crippen LogP contribution in [0.2, 0.25) is 0 Å². The molecule has 2 amide bonds. The van der Waals surface area contributed by atoms with E-state index in [0.717, 1.165) is 31.8 Å². The molecule has 2 aliphatic heterocycles. The molecule has 2 saturated heterocycles. The van der Waals surface area contributed by atoms with E-state index in [9.17, 15) is 4.79 Å². The lowest BCUT2D eigenvalue weighted by atomic mass is 9.98. The minimum absolute atomic E-state index is 0.191. The molecule has 0 N–H and O–H groups in total. The number of rotatable bonds is 0. The normalized spacial score (nSPS) is 27.4. The highest BCUT2D eigenvalue weighted by Gasteiger charge is 2.41. The van der Waals surface area contributed by atoms with Gasteiger partial charge in [-0.25, -0.2) is 4.79 Å². The summed E-state index contributed by atoms with van der Waals surface area (Å²) in [6.45, 7) is 13.7. The Morgan fingerprint density at radius 2 is 1.47 bits per heavy atom. The van der Waals surface area contributed by atoms with Crippen LogP contribution in [0.15, 0.2) is 0 Å². The van der Waals surface area contributed by atoms with Gasteiger partial charge in [0.15, 0.2) is 0 Å². The summed E-state index contributed by atoms with van der Waals surface area (Å²) >= 11 is 0. The molecular weight excluding hydrogens is 240 g/mol. The number of carbonyl (C=O) groups is 1. The van der Waals surface area contributed by atoms with Crippen molar-refractivity contribution in [3.63, 3.8) is 0 Å². The Morgan fingerprint density at radius 3 is 1.95 bits per heavy atom. The van der Waals surface area contributed by atoms with Crippen LogP contribution in [-0.4, -0.2) is 53.2 Å². The van der Waals surface area contributed by atoms with E-state index in [2.05, 4.69) is 34.6 Å². The number of hydrogen-bond acceptors (Lipinski definition) is 2. The zero-order chi connectivity index (χ0) is 14.3. The van der Waals surface area contributed by atoms with Crippen molar-refractivity contribution in [2.75, 3.05) is 26.2 Å². The summed E-state index contributed by atoms with van der Waals surface area (Å²) in [6, 6.07) is 0.191. The minimum Gasteiger partial charge on any atom is -0.366 e. The van der Waals surface area contributed by atoms with Crippen LogP contribution >= 0.6 is 0 Å². The van der Waals surface area contributed by atoms with Crippen molar-refractivity contribution in [1.82, 2.24) is 9.80 Å². The van der Waals surface area contributed by atoms with Gasteiger partial charge in [-0.3, -0.25) is 0 Å². The van der Waals surface area contributed by atoms with E-state index in [1.807, 2.05) is 9.80 Å². The lowest BCUT2D eigenvalue weighted by Crippen LogP contribution is -2.61. The first-order chi connectivity index (χ1) is 8.69. The van der Waals surface area contributed by atoms with Gasteiger partial charge in [0.05, 0.1) is 24.3 Å². The highest BCUT2D eigenvalue weighted by molar-refractivity contribution is 5.75. The predicted molar refractivity (Wildman–Crippen MR) is 76.2 cm³/mol. The molecule has 0 spiro atoms. The van der Waals surface area contributed by atoms with Crippen LogP contribution in [0.25, 0.3) is 0 Å². The van der Waals surface area contributed by atoms with Gasteiger partial charge in [0.1, 0.15) is 0 Å². The molecule has 0 atom stereocenters. The van der Waals surface area contributed by atoms with Crippen LogP contribution in [0.5, 0.6) is 0 Å². The van der Waals surface area contributed by atoms with Crippen molar-refractivity contribution in [2.24, 2.45) is 5.92 Å². The molecule has 4 nitrogen and oxygen atoms in total. The number of carbonyl (C=O) groups excluding carboxylic acids is 1. The standard InChI is InChI=1S/C15H28N2O2/c1-12-6-8-16(9-7-12)13(18)17-10-14(2,3)19-15(4,5)11-17/h12H,6-11H2,1-5H3. The summed E-state index contributed by atoms with van der Waals surface area (Å²) < 4.78 is 6.03. The monoisotopic (exact) mass is 268 g/mol. The topological polar surface area (TPSA) is 32.8 Å². The number of piperidine rings is 1. The molecule has 2 rings (SSSR count). The fraction of sp³-hybridized carbons (Fsp3) is 0.933. The summed E-state index contributed by atoms with van der Waals surface area (Å²) in [6.07, 6.45) is 2.26. The Morgan fingerprint density at radius 1 is 1.00 bits per heavy atom. The van der Waals surface area contributed by atoms with Crippen molar-refractivity contribution < 1.29 is 9.53 Å². The molecule has 110 valence electrons. The third kappa shape index (κ3) is 3.62. The fourth-order valence-corrected chi connectivity index (χ4v) is 3.32. The van der Waals surface area contributed by atoms with Crippen molar-refractivity contribution in [2.45, 2.75) is 58.7 Å². The molecule has 0 aliphatic carbocycles. The van der Waals surface area contributed by atoms with Crippen LogP contribution in [-0.2, 0) is 4.74 Å². The molecule has 0 bridgehead atoms. The highest BCUT2D eigenvalue weighted by atomic mass is 16.5. The van der Waals surface area contributed by atoms with E-state index in [0.29, 0.717) is 13.1 Å². The third-order valence-corrected chi connectivity index (χ3v) is 4.02. The quantitative estimate of drug-likeness (QED) is 0.677. The molecule has 0 unspecified atom stereocenters. The summed E-state index contributed by atoms with van der Waals surface area (Å²) in [5.41, 5.74) is -0.527. The van der Waals surface area contributed by atoms with E-state index in [1.54, 1.807) is 0 Å². The number of ether oxygens (including phenoxy) is 1. The van der Waals surface area contributed by atoms with Gasteiger partial charge in [0.25, 0.3) is 0 Å². The van der Waals surface area contributed by atoms with E-state index in [1.165, 1.54) is 0 Å². The van der Waals surface area contributed by atoms with Gasteiger partial charge in [0.2, 0.25) is 0 Å². The van der Waals surface area contributed by atoms with Crippen molar-refractivity contribution in [1.29, 1.82) is 0 Å². The van der Waals surface area contributed by atoms with Crippen LogP contribution in [0.4, 0.5) is 4.79 Å². The highest BCUT2D eigenvalue weighted by Crippen LogP contribution is 2.29. The molecule has 0 saturated carbocycles. The Balaban J connectivity index is 2.02. The number of morpholine rings is 1. The van der Waals surface area contributed by atoms with Crippen LogP contribution in [0.3, 0.4) is 0 Å². The van der Waals surface area contributed by atoms with Gasteiger partial charge in [-0.05, 0) is 46.5 Å². The van der Waals surface area contributed by atoms with Gasteiger partial charge in [-0.2, -0.15) is 0 Å². The Hall–Kier alpha value is -0.770. The Bertz CT molecular complexity index is 328. The summed E-state index contributed by atoms with van der Waals surface area (Å²) in [4.78, 5) is 16.6. The second-order valence-corrected chi connectivity index (χ2v) is 7.43. The first kappa shape index (κ1) is 14.6. The Kier molecular flexibility index (Phi) is 3.83. The number of likely N-dealkylation sites (tertiary alicyclic amines) is 1. The Labute approximate surface area is 117 Å². The zero-order valence-electron chi connectivity index (χ0n) is 13.0. The maximum absolute atomic E-state index is 12.6. The molecule has 0 radical (unpaired) electrons. The maximum Gasteiger partial charge on any atom is 0.320 e. The van der Waals surface area contributed by atoms with Gasteiger partial charge >= 0.3 is 6.03 Å². The lowest BCUT2D eigenvalue weighted by Gasteiger charge is -2.48. The van der Waals surface area contributed by atoms with Gasteiger partial charge in [0, 0.05) is 13.1 Å². The van der Waals surface area contributed by atoms with Crippen molar-refractivity contribution in [3.05, 3.63) is 0 Å². The van der Waals surface area contributed by atoms with Crippen LogP contribution in [0.1, 0.15) is 47.5 Å². The second-order valence-electron chi connectivity index (χ2n) is 7.43. The van der Waals surface area contributed by atoms with E-state index < -0.39 is 0 Å². The summed E-state index contributed by atoms with van der Waals surface area (Å²) in [7, 11) is 0. The number of amides is 2. The molecule has 0 aromatic carbocycles. The molecule has 2 aliphatic rings. The van der Waals surface area contributed by atoms with Crippen LogP contribution < -0.4 is 0 Å². The van der Waals surface area contributed by atoms with Gasteiger partial charge < -0.3 is 14.5 Å². The second kappa shape index (κ2) is 4.97. The average Bonchev–Trinajstić information content (AvgIpc) is 2.25. The van der Waals surface area contributed by atoms with E-state index in [4.69, 9.17) is 4.74 Å². The lowest BCUT2D eigenvalue weighted by molar-refractivity contribution is -0.172. The third-order valence-electron chi connectivity index (χ3n) is 4.02. The van der Waals surface area contributed by atoms with E-state index in [-0.39, 0.29) is 17.2 Å². The number of nitrogens with zero attached hydrogens (tertiary/aromatic N) is 2. The van der Waals surface area contributed by atoms with Crippen molar-refractivity contribution >= 4 is 6.03 Å². The van der Waals surface area contributed by atoms with Crippen molar-refractivity contribution in [3.8, 4) is 0 Å². The molecular formula is C15H28N2O2. The molecule has 4 heteroatoms. The number of hydrogen-bond donors (Lipinski definition) is 0. The molecule has 0 aromatic heterocycles. The van der Waals surface area contributed by atoms with Gasteiger partial charge in [-0.15, -0.1) is 0 Å². The zero-order valence-corrected chi connectivity index (χ0v) is 13.0. The summed E-state index contributed by atoms with van der Waals surface area (Å²) in [5.74, 6) is 0.752. The smallest absolute Gasteiger partial charge is 0.320 e. The molecule has 0 aromatic rings. The fourth-order valence-electron chi connectivity index (χ4n) is 3.32. The largest absolute Gasteiger partial charge is 0.366 e. The number of urea groups is 1. The molecule has 19 heavy (non-hydrogen) atoms. The first-order valence-corrected chi connectivity index (χ1v) is 7.43. The first-order valence-electron chi connectivity index (χ1n) is 7.43. The molecule has 2 fully saturated rings. The van der Waals surface area contributed by atoms with Crippen LogP contribution in [0, 0.1) is 5.92 Å². The maximum atomic E-state index is 12.6. The van der Waals surface area contributed by atoms with E-state index >= 15 is 0 Å². The summed E-state index contributed by atoms with van der Waals surface area (Å²) in [5, 5.41) is 0. The average molecular weight is 268 g/mol. The molecule has 2 heterocycles.